The van der Waals surface area contributed by atoms with E-state index in [4.69, 9.17) is 14.2 Å². The first-order valence-corrected chi connectivity index (χ1v) is 5.98. The number of rotatable bonds is 6. The average Bonchev–Trinajstić information content (AvgIpc) is 2.38. The van der Waals surface area contributed by atoms with Crippen LogP contribution in [0.3, 0.4) is 0 Å². The molecule has 1 N–H and O–H groups in total. The highest BCUT2D eigenvalue weighted by Gasteiger charge is 2.11. The summed E-state index contributed by atoms with van der Waals surface area (Å²) < 4.78 is 16.0. The number of nitrogens with one attached hydrogen (secondary N) is 1. The number of benzene rings is 1. The van der Waals surface area contributed by atoms with E-state index in [0.717, 1.165) is 37.6 Å². The van der Waals surface area contributed by atoms with E-state index < -0.39 is 0 Å². The van der Waals surface area contributed by atoms with Gasteiger partial charge < -0.3 is 31.9 Å². The summed E-state index contributed by atoms with van der Waals surface area (Å²) in [6.07, 6.45) is 1.03. The standard InChI is InChI=1S/C13H19NO3.ClH/c1-15-6-2-5-14-10-11-3-4-12-13(9-11)17-8-7-16-12;/h3-4,9,14H,2,5-8,10H2,1H3;1H/p-1. The molecule has 0 saturated carbocycles. The van der Waals surface area contributed by atoms with Crippen molar-refractivity contribution in [2.75, 3.05) is 33.5 Å². The molecule has 0 aromatic heterocycles. The molecule has 0 radical (unpaired) electrons. The lowest BCUT2D eigenvalue weighted by Gasteiger charge is -2.19. The molecule has 0 aliphatic carbocycles. The van der Waals surface area contributed by atoms with Crippen molar-refractivity contribution >= 4 is 0 Å². The van der Waals surface area contributed by atoms with Crippen LogP contribution in [0.4, 0.5) is 0 Å². The molecule has 0 bridgehead atoms. The van der Waals surface area contributed by atoms with Crippen LogP contribution in [0, 0.1) is 0 Å². The van der Waals surface area contributed by atoms with E-state index in [9.17, 15) is 0 Å². The summed E-state index contributed by atoms with van der Waals surface area (Å²) in [5, 5.41) is 3.37. The predicted molar refractivity (Wildman–Crippen MR) is 65.6 cm³/mol. The van der Waals surface area contributed by atoms with Gasteiger partial charge in [-0.3, -0.25) is 0 Å². The maximum atomic E-state index is 5.54. The topological polar surface area (TPSA) is 39.7 Å². The molecule has 0 unspecified atom stereocenters. The maximum Gasteiger partial charge on any atom is 0.161 e. The Kier molecular flexibility index (Phi) is 6.86. The van der Waals surface area contributed by atoms with E-state index in [0.29, 0.717) is 13.2 Å². The highest BCUT2D eigenvalue weighted by molar-refractivity contribution is 5.43. The van der Waals surface area contributed by atoms with Gasteiger partial charge >= 0.3 is 0 Å². The number of methoxy groups -OCH3 is 1. The normalized spacial score (nSPS) is 12.9. The van der Waals surface area contributed by atoms with Crippen molar-refractivity contribution in [3.8, 4) is 11.5 Å². The van der Waals surface area contributed by atoms with Crippen molar-refractivity contribution in [2.24, 2.45) is 0 Å². The fourth-order valence-electron chi connectivity index (χ4n) is 1.77. The van der Waals surface area contributed by atoms with Gasteiger partial charge in [0.1, 0.15) is 13.2 Å². The predicted octanol–water partition coefficient (Wildman–Crippen LogP) is -1.41. The van der Waals surface area contributed by atoms with E-state index in [1.54, 1.807) is 7.11 Å². The highest BCUT2D eigenvalue weighted by atomic mass is 35.5. The van der Waals surface area contributed by atoms with Crippen LogP contribution in [0.1, 0.15) is 12.0 Å². The maximum absolute atomic E-state index is 5.54. The van der Waals surface area contributed by atoms with Gasteiger partial charge in [0.25, 0.3) is 0 Å². The van der Waals surface area contributed by atoms with Crippen molar-refractivity contribution in [3.05, 3.63) is 23.8 Å². The summed E-state index contributed by atoms with van der Waals surface area (Å²) in [7, 11) is 1.72. The smallest absolute Gasteiger partial charge is 0.161 e. The minimum atomic E-state index is 0. The second-order valence-corrected chi connectivity index (χ2v) is 4.00. The molecule has 0 spiro atoms. The minimum absolute atomic E-state index is 0. The lowest BCUT2D eigenvalue weighted by Crippen LogP contribution is -3.00. The zero-order valence-electron chi connectivity index (χ0n) is 10.6. The van der Waals surface area contributed by atoms with Crippen molar-refractivity contribution in [1.82, 2.24) is 5.32 Å². The van der Waals surface area contributed by atoms with E-state index in [1.807, 2.05) is 12.1 Å². The molecule has 1 aliphatic heterocycles. The van der Waals surface area contributed by atoms with E-state index in [1.165, 1.54) is 5.56 Å². The second-order valence-electron chi connectivity index (χ2n) is 4.00. The van der Waals surface area contributed by atoms with Crippen LogP contribution in [-0.2, 0) is 11.3 Å². The third-order valence-electron chi connectivity index (χ3n) is 2.64. The van der Waals surface area contributed by atoms with E-state index >= 15 is 0 Å². The van der Waals surface area contributed by atoms with Crippen LogP contribution >= 0.6 is 0 Å². The van der Waals surface area contributed by atoms with Gasteiger partial charge in [0.15, 0.2) is 11.5 Å². The van der Waals surface area contributed by atoms with Crippen LogP contribution in [-0.4, -0.2) is 33.5 Å². The first kappa shape index (κ1) is 15.1. The van der Waals surface area contributed by atoms with E-state index in [-0.39, 0.29) is 12.4 Å². The Hall–Kier alpha value is -0.970. The molecule has 102 valence electrons. The molecular weight excluding hydrogens is 254 g/mol. The third-order valence-corrected chi connectivity index (χ3v) is 2.64. The molecule has 1 heterocycles. The summed E-state index contributed by atoms with van der Waals surface area (Å²) in [6, 6.07) is 6.08. The average molecular weight is 273 g/mol. The highest BCUT2D eigenvalue weighted by Crippen LogP contribution is 2.30. The molecule has 4 nitrogen and oxygen atoms in total. The van der Waals surface area contributed by atoms with Gasteiger partial charge in [-0.05, 0) is 30.7 Å². The van der Waals surface area contributed by atoms with Crippen molar-refractivity contribution < 1.29 is 26.6 Å². The fourth-order valence-corrected chi connectivity index (χ4v) is 1.77. The molecule has 1 aromatic rings. The van der Waals surface area contributed by atoms with Crippen LogP contribution < -0.4 is 27.2 Å². The number of hydrogen-bond acceptors (Lipinski definition) is 4. The molecule has 1 aliphatic rings. The van der Waals surface area contributed by atoms with Gasteiger partial charge in [-0.1, -0.05) is 6.07 Å². The Morgan fingerprint density at radius 1 is 1.22 bits per heavy atom. The van der Waals surface area contributed by atoms with E-state index in [2.05, 4.69) is 11.4 Å². The Morgan fingerprint density at radius 3 is 2.78 bits per heavy atom. The van der Waals surface area contributed by atoms with Gasteiger partial charge in [-0.2, -0.15) is 0 Å². The summed E-state index contributed by atoms with van der Waals surface area (Å²) in [5.41, 5.74) is 1.21. The zero-order valence-corrected chi connectivity index (χ0v) is 11.3. The summed E-state index contributed by atoms with van der Waals surface area (Å²) in [5.74, 6) is 1.70. The molecule has 0 saturated heterocycles. The molecule has 0 atom stereocenters. The monoisotopic (exact) mass is 272 g/mol. The number of hydrogen-bond donors (Lipinski definition) is 1. The molecule has 18 heavy (non-hydrogen) atoms. The largest absolute Gasteiger partial charge is 1.00 e. The van der Waals surface area contributed by atoms with Crippen molar-refractivity contribution in [2.45, 2.75) is 13.0 Å². The lowest BCUT2D eigenvalue weighted by atomic mass is 10.2. The van der Waals surface area contributed by atoms with Crippen LogP contribution in [0.15, 0.2) is 18.2 Å². The quantitative estimate of drug-likeness (QED) is 0.646. The zero-order chi connectivity index (χ0) is 11.9. The van der Waals surface area contributed by atoms with Gasteiger partial charge in [0.2, 0.25) is 0 Å². The molecule has 0 amide bonds. The SMILES string of the molecule is COCCCNCc1ccc2c(c1)OCCO2.[Cl-]. The Balaban J connectivity index is 0.00000162. The Labute approximate surface area is 114 Å². The van der Waals surface area contributed by atoms with Crippen molar-refractivity contribution in [3.63, 3.8) is 0 Å². The van der Waals surface area contributed by atoms with Crippen molar-refractivity contribution in [1.29, 1.82) is 0 Å². The summed E-state index contributed by atoms with van der Waals surface area (Å²) in [6.45, 7) is 3.89. The molecule has 0 fully saturated rings. The fraction of sp³-hybridized carbons (Fsp3) is 0.538. The van der Waals surface area contributed by atoms with Crippen LogP contribution in [0.25, 0.3) is 0 Å². The van der Waals surface area contributed by atoms with Crippen LogP contribution in [0.2, 0.25) is 0 Å². The molecule has 2 rings (SSSR count). The van der Waals surface area contributed by atoms with Gasteiger partial charge in [-0.25, -0.2) is 0 Å². The molecule has 5 heteroatoms. The van der Waals surface area contributed by atoms with Gasteiger partial charge in [-0.15, -0.1) is 0 Å². The third kappa shape index (κ3) is 4.37. The number of fused-ring (bicyclic) bond motifs is 1. The van der Waals surface area contributed by atoms with Gasteiger partial charge in [0, 0.05) is 20.3 Å². The lowest BCUT2D eigenvalue weighted by molar-refractivity contribution is -0.00000452. The molecular formula is C13H19ClNO3-. The second kappa shape index (κ2) is 8.19. The molecule has 1 aromatic carbocycles. The number of halogens is 1. The Morgan fingerprint density at radius 2 is 2.00 bits per heavy atom. The van der Waals surface area contributed by atoms with Crippen LogP contribution in [0.5, 0.6) is 11.5 Å². The first-order chi connectivity index (χ1) is 8.40. The number of ether oxygens (including phenoxy) is 3. The van der Waals surface area contributed by atoms with Gasteiger partial charge in [0.05, 0.1) is 0 Å². The first-order valence-electron chi connectivity index (χ1n) is 5.98. The summed E-state index contributed by atoms with van der Waals surface area (Å²) in [4.78, 5) is 0. The summed E-state index contributed by atoms with van der Waals surface area (Å²) >= 11 is 0. The minimum Gasteiger partial charge on any atom is -1.00 e. The Bertz CT molecular complexity index is 360.